The molecule has 4 N–H and O–H groups in total. The highest BCUT2D eigenvalue weighted by Gasteiger charge is 2.20. The van der Waals surface area contributed by atoms with Crippen molar-refractivity contribution in [2.75, 3.05) is 13.2 Å². The first-order valence-corrected chi connectivity index (χ1v) is 7.06. The maximum atomic E-state index is 11.8. The standard InChI is InChI=1S/C14H30N2O2.ClH/c1-5-11(4)13(15)14(18)16-9-12(6-7-17)8-10(2)3;/h10-13,17H,5-9,15H2,1-4H3,(H,16,18);1H. The average molecular weight is 295 g/mol. The van der Waals surface area contributed by atoms with Crippen molar-refractivity contribution < 1.29 is 9.90 Å². The smallest absolute Gasteiger partial charge is 0.237 e. The molecule has 19 heavy (non-hydrogen) atoms. The van der Waals surface area contributed by atoms with Gasteiger partial charge in [-0.1, -0.05) is 34.1 Å². The Morgan fingerprint density at radius 3 is 2.32 bits per heavy atom. The van der Waals surface area contributed by atoms with Gasteiger partial charge in [-0.15, -0.1) is 12.4 Å². The number of amides is 1. The molecule has 3 atom stereocenters. The summed E-state index contributed by atoms with van der Waals surface area (Å²) >= 11 is 0. The Bertz CT molecular complexity index is 237. The molecule has 0 bridgehead atoms. The van der Waals surface area contributed by atoms with E-state index in [1.165, 1.54) is 0 Å². The van der Waals surface area contributed by atoms with Crippen molar-refractivity contribution in [3.63, 3.8) is 0 Å². The summed E-state index contributed by atoms with van der Waals surface area (Å²) in [6.07, 6.45) is 2.65. The molecule has 0 spiro atoms. The van der Waals surface area contributed by atoms with Gasteiger partial charge < -0.3 is 16.2 Å². The number of aliphatic hydroxyl groups excluding tert-OH is 1. The van der Waals surface area contributed by atoms with E-state index in [4.69, 9.17) is 10.8 Å². The molecule has 1 amide bonds. The number of halogens is 1. The van der Waals surface area contributed by atoms with Gasteiger partial charge in [0, 0.05) is 13.2 Å². The van der Waals surface area contributed by atoms with Gasteiger partial charge in [-0.05, 0) is 30.6 Å². The van der Waals surface area contributed by atoms with E-state index in [-0.39, 0.29) is 30.8 Å². The Balaban J connectivity index is 0. The predicted octanol–water partition coefficient (Wildman–Crippen LogP) is 1.94. The minimum Gasteiger partial charge on any atom is -0.396 e. The molecule has 0 radical (unpaired) electrons. The summed E-state index contributed by atoms with van der Waals surface area (Å²) in [6.45, 7) is 9.11. The van der Waals surface area contributed by atoms with Crippen LogP contribution < -0.4 is 11.1 Å². The van der Waals surface area contributed by atoms with Crippen molar-refractivity contribution in [3.05, 3.63) is 0 Å². The number of hydrogen-bond acceptors (Lipinski definition) is 3. The molecule has 0 rings (SSSR count). The zero-order valence-electron chi connectivity index (χ0n) is 12.7. The van der Waals surface area contributed by atoms with Crippen LogP contribution in [0.3, 0.4) is 0 Å². The summed E-state index contributed by atoms with van der Waals surface area (Å²) in [5.41, 5.74) is 5.87. The SMILES string of the molecule is CCC(C)C(N)C(=O)NCC(CCO)CC(C)C.Cl. The number of nitrogens with one attached hydrogen (secondary N) is 1. The maximum Gasteiger partial charge on any atom is 0.237 e. The van der Waals surface area contributed by atoms with E-state index < -0.39 is 6.04 Å². The van der Waals surface area contributed by atoms with Crippen LogP contribution in [0.2, 0.25) is 0 Å². The van der Waals surface area contributed by atoms with Crippen molar-refractivity contribution >= 4 is 18.3 Å². The molecule has 116 valence electrons. The topological polar surface area (TPSA) is 75.4 Å². The molecule has 4 nitrogen and oxygen atoms in total. The molecule has 0 heterocycles. The molecule has 5 heteroatoms. The fourth-order valence-corrected chi connectivity index (χ4v) is 2.03. The van der Waals surface area contributed by atoms with Crippen LogP contribution in [0.25, 0.3) is 0 Å². The van der Waals surface area contributed by atoms with Crippen molar-refractivity contribution in [2.45, 2.75) is 53.0 Å². The van der Waals surface area contributed by atoms with Crippen molar-refractivity contribution in [1.82, 2.24) is 5.32 Å². The van der Waals surface area contributed by atoms with Crippen LogP contribution in [0.5, 0.6) is 0 Å². The molecule has 0 aromatic rings. The Morgan fingerprint density at radius 1 is 1.32 bits per heavy atom. The van der Waals surface area contributed by atoms with E-state index in [2.05, 4.69) is 19.2 Å². The van der Waals surface area contributed by atoms with Crippen LogP contribution in [0.1, 0.15) is 47.0 Å². The molecule has 0 aromatic heterocycles. The zero-order chi connectivity index (χ0) is 14.1. The summed E-state index contributed by atoms with van der Waals surface area (Å²) in [4.78, 5) is 11.8. The minimum absolute atomic E-state index is 0. The fraction of sp³-hybridized carbons (Fsp3) is 0.929. The molecule has 0 aliphatic rings. The lowest BCUT2D eigenvalue weighted by Gasteiger charge is -2.22. The van der Waals surface area contributed by atoms with Crippen LogP contribution >= 0.6 is 12.4 Å². The van der Waals surface area contributed by atoms with Gasteiger partial charge in [0.2, 0.25) is 5.91 Å². The average Bonchev–Trinajstić information content (AvgIpc) is 2.33. The van der Waals surface area contributed by atoms with E-state index >= 15 is 0 Å². The van der Waals surface area contributed by atoms with Crippen molar-refractivity contribution in [3.8, 4) is 0 Å². The first kappa shape index (κ1) is 21.0. The monoisotopic (exact) mass is 294 g/mol. The second kappa shape index (κ2) is 11.5. The third-order valence-electron chi connectivity index (χ3n) is 3.47. The second-order valence-corrected chi connectivity index (χ2v) is 5.66. The molecule has 0 aromatic carbocycles. The predicted molar refractivity (Wildman–Crippen MR) is 82.3 cm³/mol. The normalized spacial score (nSPS) is 15.5. The summed E-state index contributed by atoms with van der Waals surface area (Å²) < 4.78 is 0. The highest BCUT2D eigenvalue weighted by Crippen LogP contribution is 2.14. The Hall–Kier alpha value is -0.320. The summed E-state index contributed by atoms with van der Waals surface area (Å²) in [7, 11) is 0. The maximum absolute atomic E-state index is 11.8. The Morgan fingerprint density at radius 2 is 1.89 bits per heavy atom. The van der Waals surface area contributed by atoms with Crippen LogP contribution in [0, 0.1) is 17.8 Å². The minimum atomic E-state index is -0.427. The molecule has 0 aliphatic heterocycles. The van der Waals surface area contributed by atoms with Gasteiger partial charge in [0.15, 0.2) is 0 Å². The van der Waals surface area contributed by atoms with Crippen LogP contribution in [0.4, 0.5) is 0 Å². The van der Waals surface area contributed by atoms with Gasteiger partial charge in [-0.25, -0.2) is 0 Å². The van der Waals surface area contributed by atoms with E-state index in [0.717, 1.165) is 19.3 Å². The van der Waals surface area contributed by atoms with Crippen LogP contribution in [-0.4, -0.2) is 30.2 Å². The molecular formula is C14H31ClN2O2. The summed E-state index contributed by atoms with van der Waals surface area (Å²) in [5, 5.41) is 11.9. The number of rotatable bonds is 9. The Labute approximate surface area is 123 Å². The van der Waals surface area contributed by atoms with Crippen LogP contribution in [0.15, 0.2) is 0 Å². The second-order valence-electron chi connectivity index (χ2n) is 5.66. The van der Waals surface area contributed by atoms with Gasteiger partial charge in [0.25, 0.3) is 0 Å². The van der Waals surface area contributed by atoms with Crippen molar-refractivity contribution in [2.24, 2.45) is 23.5 Å². The lowest BCUT2D eigenvalue weighted by molar-refractivity contribution is -0.123. The third-order valence-corrected chi connectivity index (χ3v) is 3.47. The molecule has 0 saturated carbocycles. The molecule has 0 fully saturated rings. The number of aliphatic hydroxyl groups is 1. The number of nitrogens with two attached hydrogens (primary N) is 1. The van der Waals surface area contributed by atoms with Gasteiger partial charge in [0.1, 0.15) is 0 Å². The molecular weight excluding hydrogens is 264 g/mol. The number of carbonyl (C=O) groups is 1. The lowest BCUT2D eigenvalue weighted by Crippen LogP contribution is -2.46. The lowest BCUT2D eigenvalue weighted by atomic mass is 9.94. The number of hydrogen-bond donors (Lipinski definition) is 3. The van der Waals surface area contributed by atoms with E-state index in [1.54, 1.807) is 0 Å². The first-order valence-electron chi connectivity index (χ1n) is 7.06. The van der Waals surface area contributed by atoms with Gasteiger partial charge in [0.05, 0.1) is 6.04 Å². The van der Waals surface area contributed by atoms with Crippen LogP contribution in [-0.2, 0) is 4.79 Å². The van der Waals surface area contributed by atoms with Gasteiger partial charge in [-0.2, -0.15) is 0 Å². The highest BCUT2D eigenvalue weighted by atomic mass is 35.5. The summed E-state index contributed by atoms with van der Waals surface area (Å²) in [6, 6.07) is -0.427. The largest absolute Gasteiger partial charge is 0.396 e. The molecule has 0 saturated heterocycles. The van der Waals surface area contributed by atoms with Gasteiger partial charge in [-0.3, -0.25) is 4.79 Å². The van der Waals surface area contributed by atoms with E-state index in [0.29, 0.717) is 18.4 Å². The van der Waals surface area contributed by atoms with Gasteiger partial charge >= 0.3 is 0 Å². The summed E-state index contributed by atoms with van der Waals surface area (Å²) in [5.74, 6) is 1.03. The number of carbonyl (C=O) groups excluding carboxylic acids is 1. The molecule has 0 aliphatic carbocycles. The van der Waals surface area contributed by atoms with E-state index in [1.807, 2.05) is 13.8 Å². The quantitative estimate of drug-likeness (QED) is 0.608. The zero-order valence-corrected chi connectivity index (χ0v) is 13.5. The third kappa shape index (κ3) is 9.25. The Kier molecular flexibility index (Phi) is 12.7. The molecule has 3 unspecified atom stereocenters. The fourth-order valence-electron chi connectivity index (χ4n) is 2.03. The first-order chi connectivity index (χ1) is 8.42. The van der Waals surface area contributed by atoms with Crippen molar-refractivity contribution in [1.29, 1.82) is 0 Å². The van der Waals surface area contributed by atoms with E-state index in [9.17, 15) is 4.79 Å². The highest BCUT2D eigenvalue weighted by molar-refractivity contribution is 5.85.